The molecule has 0 fully saturated rings. The molecule has 1 aromatic heterocycles. The van der Waals surface area contributed by atoms with E-state index < -0.39 is 60.2 Å². The number of para-hydroxylation sites is 1. The minimum atomic E-state index is -1.57. The van der Waals surface area contributed by atoms with Gasteiger partial charge in [0.15, 0.2) is 0 Å². The molecule has 4 unspecified atom stereocenters. The van der Waals surface area contributed by atoms with Crippen LogP contribution in [0.5, 0.6) is 0 Å². The minimum absolute atomic E-state index is 0.0140. The molecule has 13 heteroatoms. The van der Waals surface area contributed by atoms with Crippen LogP contribution < -0.4 is 27.4 Å². The van der Waals surface area contributed by atoms with Crippen LogP contribution in [0.3, 0.4) is 0 Å². The topological polar surface area (TPSA) is 209 Å². The number of nitrogens with one attached hydrogen (secondary N) is 4. The third-order valence-electron chi connectivity index (χ3n) is 6.06. The zero-order valence-corrected chi connectivity index (χ0v) is 23.2. The van der Waals surface area contributed by atoms with E-state index in [1.165, 1.54) is 0 Å². The van der Waals surface area contributed by atoms with Crippen molar-refractivity contribution in [2.75, 3.05) is 12.0 Å². The normalized spacial score (nSPS) is 14.3. The van der Waals surface area contributed by atoms with E-state index in [4.69, 9.17) is 11.5 Å². The maximum absolute atomic E-state index is 13.4. The SMILES string of the molecule is CSCCC(N)C(=O)NC(CC(C)C)C(=O)NC(Cc1c[nH]c2ccccc12)C(=O)NC(CC(N)=O)C(=O)O. The van der Waals surface area contributed by atoms with Crippen LogP contribution in [0.2, 0.25) is 0 Å². The van der Waals surface area contributed by atoms with E-state index in [0.717, 1.165) is 10.9 Å². The molecule has 39 heavy (non-hydrogen) atoms. The number of hydrogen-bond acceptors (Lipinski definition) is 7. The molecule has 9 N–H and O–H groups in total. The van der Waals surface area contributed by atoms with Crippen molar-refractivity contribution < 1.29 is 29.1 Å². The zero-order valence-electron chi connectivity index (χ0n) is 22.4. The molecule has 1 aromatic carbocycles. The van der Waals surface area contributed by atoms with Gasteiger partial charge in [-0.2, -0.15) is 11.8 Å². The molecule has 0 aliphatic rings. The van der Waals surface area contributed by atoms with E-state index >= 15 is 0 Å². The van der Waals surface area contributed by atoms with E-state index in [2.05, 4.69) is 20.9 Å². The molecular weight excluding hydrogens is 524 g/mol. The minimum Gasteiger partial charge on any atom is -0.480 e. The van der Waals surface area contributed by atoms with Crippen molar-refractivity contribution in [3.8, 4) is 0 Å². The number of fused-ring (bicyclic) bond motifs is 1. The van der Waals surface area contributed by atoms with Gasteiger partial charge in [0, 0.05) is 23.5 Å². The van der Waals surface area contributed by atoms with E-state index in [1.54, 1.807) is 18.0 Å². The number of benzene rings is 1. The van der Waals surface area contributed by atoms with Gasteiger partial charge >= 0.3 is 5.97 Å². The Labute approximate surface area is 231 Å². The standard InChI is InChI=1S/C26H38N6O6S/c1-14(2)10-19(30-23(34)17(27)8-9-39-3)24(35)31-20(25(36)32-21(26(37)38)12-22(28)33)11-15-13-29-18-7-5-4-6-16(15)18/h4-7,13-14,17,19-21,29H,8-12,27H2,1-3H3,(H2,28,33)(H,30,34)(H,31,35)(H,32,36)(H,37,38). The fourth-order valence-corrected chi connectivity index (χ4v) is 4.52. The molecule has 0 radical (unpaired) electrons. The number of amides is 4. The van der Waals surface area contributed by atoms with Crippen LogP contribution in [-0.4, -0.2) is 75.9 Å². The fraction of sp³-hybridized carbons (Fsp3) is 0.500. The van der Waals surface area contributed by atoms with Crippen molar-refractivity contribution in [1.29, 1.82) is 0 Å². The van der Waals surface area contributed by atoms with E-state index in [0.29, 0.717) is 17.7 Å². The number of aromatic amines is 1. The Morgan fingerprint density at radius 3 is 2.21 bits per heavy atom. The first-order chi connectivity index (χ1) is 18.4. The van der Waals surface area contributed by atoms with Gasteiger partial charge in [0.1, 0.15) is 18.1 Å². The van der Waals surface area contributed by atoms with Crippen LogP contribution in [0, 0.1) is 5.92 Å². The fourth-order valence-electron chi connectivity index (χ4n) is 4.03. The number of primary amides is 1. The van der Waals surface area contributed by atoms with E-state index in [-0.39, 0.29) is 18.8 Å². The molecular formula is C26H38N6O6S. The van der Waals surface area contributed by atoms with Crippen molar-refractivity contribution in [2.45, 2.75) is 63.7 Å². The predicted octanol–water partition coefficient (Wildman–Crippen LogP) is 0.251. The van der Waals surface area contributed by atoms with Gasteiger partial charge in [-0.3, -0.25) is 19.2 Å². The third-order valence-corrected chi connectivity index (χ3v) is 6.71. The first-order valence-electron chi connectivity index (χ1n) is 12.6. The molecule has 2 aromatic rings. The number of carboxylic acid groups (broad SMARTS) is 1. The number of rotatable bonds is 16. The highest BCUT2D eigenvalue weighted by molar-refractivity contribution is 7.98. The lowest BCUT2D eigenvalue weighted by Crippen LogP contribution is -2.58. The quantitative estimate of drug-likeness (QED) is 0.150. The summed E-state index contributed by atoms with van der Waals surface area (Å²) in [4.78, 5) is 65.4. The second-order valence-electron chi connectivity index (χ2n) is 9.77. The maximum Gasteiger partial charge on any atom is 0.326 e. The molecule has 12 nitrogen and oxygen atoms in total. The van der Waals surface area contributed by atoms with Crippen LogP contribution in [0.25, 0.3) is 10.9 Å². The number of carbonyl (C=O) groups excluding carboxylic acids is 4. The molecule has 0 spiro atoms. The van der Waals surface area contributed by atoms with E-state index in [1.807, 2.05) is 44.4 Å². The Morgan fingerprint density at radius 2 is 1.59 bits per heavy atom. The highest BCUT2D eigenvalue weighted by atomic mass is 32.2. The first-order valence-corrected chi connectivity index (χ1v) is 14.0. The average molecular weight is 563 g/mol. The Morgan fingerprint density at radius 1 is 0.974 bits per heavy atom. The Bertz CT molecular complexity index is 1170. The molecule has 0 saturated heterocycles. The summed E-state index contributed by atoms with van der Waals surface area (Å²) in [6.07, 6.45) is 3.72. The zero-order chi connectivity index (χ0) is 29.1. The van der Waals surface area contributed by atoms with Gasteiger partial charge in [0.25, 0.3) is 0 Å². The molecule has 214 valence electrons. The second kappa shape index (κ2) is 15.1. The monoisotopic (exact) mass is 562 g/mol. The highest BCUT2D eigenvalue weighted by Crippen LogP contribution is 2.19. The van der Waals surface area contributed by atoms with E-state index in [9.17, 15) is 29.1 Å². The smallest absolute Gasteiger partial charge is 0.326 e. The van der Waals surface area contributed by atoms with Crippen molar-refractivity contribution in [2.24, 2.45) is 17.4 Å². The number of nitrogens with two attached hydrogens (primary N) is 2. The molecule has 1 heterocycles. The van der Waals surface area contributed by atoms with Gasteiger partial charge in [-0.15, -0.1) is 0 Å². The Hall–Kier alpha value is -3.58. The molecule has 2 rings (SSSR count). The van der Waals surface area contributed by atoms with Crippen molar-refractivity contribution in [3.63, 3.8) is 0 Å². The summed E-state index contributed by atoms with van der Waals surface area (Å²) >= 11 is 1.55. The second-order valence-corrected chi connectivity index (χ2v) is 10.8. The first kappa shape index (κ1) is 31.6. The van der Waals surface area contributed by atoms with Crippen molar-refractivity contribution in [1.82, 2.24) is 20.9 Å². The lowest BCUT2D eigenvalue weighted by molar-refractivity contribution is -0.143. The lowest BCUT2D eigenvalue weighted by atomic mass is 10.00. The highest BCUT2D eigenvalue weighted by Gasteiger charge is 2.31. The number of carboxylic acids is 1. The summed E-state index contributed by atoms with van der Waals surface area (Å²) in [5.74, 6) is -3.55. The number of thioether (sulfide) groups is 1. The van der Waals surface area contributed by atoms with Crippen LogP contribution >= 0.6 is 11.8 Å². The molecule has 0 aliphatic heterocycles. The predicted molar refractivity (Wildman–Crippen MR) is 150 cm³/mol. The van der Waals surface area contributed by atoms with Gasteiger partial charge in [0.05, 0.1) is 12.5 Å². The van der Waals surface area contributed by atoms with Crippen LogP contribution in [0.4, 0.5) is 0 Å². The van der Waals surface area contributed by atoms with Crippen LogP contribution in [-0.2, 0) is 30.4 Å². The van der Waals surface area contributed by atoms with Gasteiger partial charge < -0.3 is 37.5 Å². The Balaban J connectivity index is 2.31. The third kappa shape index (κ3) is 9.91. The number of hydrogen-bond donors (Lipinski definition) is 7. The molecule has 0 saturated carbocycles. The molecule has 4 amide bonds. The van der Waals surface area contributed by atoms with Gasteiger partial charge in [-0.05, 0) is 42.4 Å². The van der Waals surface area contributed by atoms with Gasteiger partial charge in [0.2, 0.25) is 23.6 Å². The number of aliphatic carboxylic acids is 1. The van der Waals surface area contributed by atoms with Crippen molar-refractivity contribution in [3.05, 3.63) is 36.0 Å². The summed E-state index contributed by atoms with van der Waals surface area (Å²) in [7, 11) is 0. The number of H-pyrrole nitrogens is 1. The largest absolute Gasteiger partial charge is 0.480 e. The summed E-state index contributed by atoms with van der Waals surface area (Å²) in [5, 5.41) is 18.0. The van der Waals surface area contributed by atoms with Crippen LogP contribution in [0.15, 0.2) is 30.5 Å². The summed E-state index contributed by atoms with van der Waals surface area (Å²) in [6.45, 7) is 3.77. The summed E-state index contributed by atoms with van der Waals surface area (Å²) < 4.78 is 0. The van der Waals surface area contributed by atoms with Gasteiger partial charge in [-0.25, -0.2) is 4.79 Å². The molecule has 4 atom stereocenters. The van der Waals surface area contributed by atoms with Crippen LogP contribution in [0.1, 0.15) is 38.7 Å². The van der Waals surface area contributed by atoms with Gasteiger partial charge in [-0.1, -0.05) is 32.0 Å². The lowest BCUT2D eigenvalue weighted by Gasteiger charge is -2.26. The summed E-state index contributed by atoms with van der Waals surface area (Å²) in [5.41, 5.74) is 12.6. The molecule has 0 aliphatic carbocycles. The molecule has 0 bridgehead atoms. The number of aromatic nitrogens is 1. The maximum atomic E-state index is 13.4. The Kier molecular flexibility index (Phi) is 12.3. The average Bonchev–Trinajstić information content (AvgIpc) is 3.28. The van der Waals surface area contributed by atoms with Crippen molar-refractivity contribution >= 4 is 52.3 Å². The number of carbonyl (C=O) groups is 5. The summed E-state index contributed by atoms with van der Waals surface area (Å²) in [6, 6.07) is 2.82.